The first kappa shape index (κ1) is 15.9. The van der Waals surface area contributed by atoms with E-state index in [9.17, 15) is 9.59 Å². The average molecular weight is 340 g/mol. The number of ether oxygens (including phenoxy) is 3. The van der Waals surface area contributed by atoms with Gasteiger partial charge in [0.15, 0.2) is 17.6 Å². The summed E-state index contributed by atoms with van der Waals surface area (Å²) in [4.78, 5) is 24.3. The van der Waals surface area contributed by atoms with Crippen LogP contribution in [0.15, 0.2) is 12.1 Å². The minimum Gasteiger partial charge on any atom is -0.454 e. The number of amides is 1. The quantitative estimate of drug-likeness (QED) is 0.854. The van der Waals surface area contributed by atoms with Gasteiger partial charge in [0.25, 0.3) is 5.91 Å². The Bertz CT molecular complexity index is 627. The molecule has 0 spiro atoms. The van der Waals surface area contributed by atoms with Gasteiger partial charge in [-0.15, -0.1) is 0 Å². The third-order valence-corrected chi connectivity index (χ3v) is 4.30. The van der Waals surface area contributed by atoms with Crippen molar-refractivity contribution >= 4 is 23.5 Å². The molecule has 1 fully saturated rings. The molecule has 7 heteroatoms. The van der Waals surface area contributed by atoms with Gasteiger partial charge in [0.05, 0.1) is 10.6 Å². The second-order valence-electron chi connectivity index (χ2n) is 5.73. The maximum atomic E-state index is 12.2. The molecule has 1 amide bonds. The van der Waals surface area contributed by atoms with Crippen LogP contribution in [0.5, 0.6) is 11.5 Å². The smallest absolute Gasteiger partial charge is 0.339 e. The number of fused-ring (bicyclic) bond motifs is 1. The topological polar surface area (TPSA) is 73.9 Å². The minimum atomic E-state index is -0.868. The SMILES string of the molecule is CC(OC(=O)c1cc(Cl)c2c(c1)OCO2)C(=O)NC1CCCC1. The van der Waals surface area contributed by atoms with E-state index in [-0.39, 0.29) is 29.3 Å². The molecule has 1 aliphatic heterocycles. The third kappa shape index (κ3) is 3.52. The number of rotatable bonds is 4. The van der Waals surface area contributed by atoms with Crippen molar-refractivity contribution in [2.45, 2.75) is 44.8 Å². The van der Waals surface area contributed by atoms with Gasteiger partial charge in [-0.1, -0.05) is 24.4 Å². The highest BCUT2D eigenvalue weighted by atomic mass is 35.5. The first-order valence-electron chi connectivity index (χ1n) is 7.65. The zero-order valence-corrected chi connectivity index (χ0v) is 13.5. The summed E-state index contributed by atoms with van der Waals surface area (Å²) < 4.78 is 15.6. The third-order valence-electron chi connectivity index (χ3n) is 4.02. The Kier molecular flexibility index (Phi) is 4.61. The van der Waals surface area contributed by atoms with Crippen LogP contribution in [0.2, 0.25) is 5.02 Å². The van der Waals surface area contributed by atoms with Crippen molar-refractivity contribution in [3.63, 3.8) is 0 Å². The predicted molar refractivity (Wildman–Crippen MR) is 82.9 cm³/mol. The molecule has 124 valence electrons. The number of carbonyl (C=O) groups is 2. The highest BCUT2D eigenvalue weighted by Crippen LogP contribution is 2.39. The second kappa shape index (κ2) is 6.66. The van der Waals surface area contributed by atoms with Crippen LogP contribution in [0.3, 0.4) is 0 Å². The number of esters is 1. The van der Waals surface area contributed by atoms with Crippen molar-refractivity contribution in [3.05, 3.63) is 22.7 Å². The van der Waals surface area contributed by atoms with Crippen LogP contribution >= 0.6 is 11.6 Å². The fraction of sp³-hybridized carbons (Fsp3) is 0.500. The molecule has 0 radical (unpaired) electrons. The Hall–Kier alpha value is -1.95. The standard InChI is InChI=1S/C16H18ClNO5/c1-9(15(19)18-11-4-2-3-5-11)23-16(20)10-6-12(17)14-13(7-10)21-8-22-14/h6-7,9,11H,2-5,8H2,1H3,(H,18,19). The Morgan fingerprint density at radius 3 is 2.78 bits per heavy atom. The molecule has 23 heavy (non-hydrogen) atoms. The van der Waals surface area contributed by atoms with Gasteiger partial charge in [-0.05, 0) is 31.9 Å². The molecule has 1 aliphatic carbocycles. The van der Waals surface area contributed by atoms with Gasteiger partial charge in [0.1, 0.15) is 0 Å². The van der Waals surface area contributed by atoms with Crippen molar-refractivity contribution in [1.29, 1.82) is 0 Å². The van der Waals surface area contributed by atoms with E-state index in [1.807, 2.05) is 0 Å². The van der Waals surface area contributed by atoms with E-state index in [0.29, 0.717) is 11.5 Å². The van der Waals surface area contributed by atoms with E-state index in [0.717, 1.165) is 25.7 Å². The summed E-state index contributed by atoms with van der Waals surface area (Å²) >= 11 is 6.04. The van der Waals surface area contributed by atoms with Crippen molar-refractivity contribution in [1.82, 2.24) is 5.32 Å². The second-order valence-corrected chi connectivity index (χ2v) is 6.14. The number of hydrogen-bond acceptors (Lipinski definition) is 5. The van der Waals surface area contributed by atoms with Gasteiger partial charge in [-0.25, -0.2) is 4.79 Å². The molecule has 1 unspecified atom stereocenters. The van der Waals surface area contributed by atoms with Crippen molar-refractivity contribution in [3.8, 4) is 11.5 Å². The van der Waals surface area contributed by atoms with E-state index in [4.69, 9.17) is 25.8 Å². The zero-order chi connectivity index (χ0) is 16.4. The van der Waals surface area contributed by atoms with Gasteiger partial charge in [-0.2, -0.15) is 0 Å². The van der Waals surface area contributed by atoms with Crippen LogP contribution in [0, 0.1) is 0 Å². The molecule has 0 bridgehead atoms. The summed E-state index contributed by atoms with van der Waals surface area (Å²) in [5, 5.41) is 3.17. The number of benzene rings is 1. The molecule has 1 aromatic rings. The molecule has 3 rings (SSSR count). The van der Waals surface area contributed by atoms with E-state index < -0.39 is 12.1 Å². The summed E-state index contributed by atoms with van der Waals surface area (Å²) in [7, 11) is 0. The maximum Gasteiger partial charge on any atom is 0.339 e. The molecule has 1 aromatic carbocycles. The molecular formula is C16H18ClNO5. The Balaban J connectivity index is 1.62. The number of halogens is 1. The van der Waals surface area contributed by atoms with Crippen LogP contribution < -0.4 is 14.8 Å². The van der Waals surface area contributed by atoms with Crippen LogP contribution in [-0.2, 0) is 9.53 Å². The normalized spacial score (nSPS) is 17.8. The lowest BCUT2D eigenvalue weighted by atomic mass is 10.2. The average Bonchev–Trinajstić information content (AvgIpc) is 3.18. The first-order chi connectivity index (χ1) is 11.0. The van der Waals surface area contributed by atoms with E-state index in [2.05, 4.69) is 5.32 Å². The molecule has 1 atom stereocenters. The molecule has 1 N–H and O–H groups in total. The van der Waals surface area contributed by atoms with E-state index >= 15 is 0 Å². The molecule has 1 saturated carbocycles. The summed E-state index contributed by atoms with van der Waals surface area (Å²) in [6.07, 6.45) is 3.32. The van der Waals surface area contributed by atoms with E-state index in [1.165, 1.54) is 12.1 Å². The summed E-state index contributed by atoms with van der Waals surface area (Å²) in [6.45, 7) is 1.62. The lowest BCUT2D eigenvalue weighted by Crippen LogP contribution is -2.40. The lowest BCUT2D eigenvalue weighted by Gasteiger charge is -2.17. The van der Waals surface area contributed by atoms with Gasteiger partial charge in [0, 0.05) is 6.04 Å². The van der Waals surface area contributed by atoms with Crippen LogP contribution in [0.4, 0.5) is 0 Å². The monoisotopic (exact) mass is 339 g/mol. The maximum absolute atomic E-state index is 12.2. The number of hydrogen-bond donors (Lipinski definition) is 1. The van der Waals surface area contributed by atoms with Gasteiger partial charge >= 0.3 is 5.97 Å². The molecule has 6 nitrogen and oxygen atoms in total. The summed E-state index contributed by atoms with van der Waals surface area (Å²) in [5.41, 5.74) is 0.222. The predicted octanol–water partition coefficient (Wildman–Crippen LogP) is 2.67. The Morgan fingerprint density at radius 1 is 1.30 bits per heavy atom. The summed E-state index contributed by atoms with van der Waals surface area (Å²) in [6, 6.07) is 3.13. The van der Waals surface area contributed by atoms with Crippen LogP contribution in [0.25, 0.3) is 0 Å². The number of nitrogens with one attached hydrogen (secondary N) is 1. The molecule has 0 saturated heterocycles. The van der Waals surface area contributed by atoms with Gasteiger partial charge in [-0.3, -0.25) is 4.79 Å². The number of carbonyl (C=O) groups excluding carboxylic acids is 2. The highest BCUT2D eigenvalue weighted by Gasteiger charge is 2.25. The fourth-order valence-corrected chi connectivity index (χ4v) is 3.02. The largest absolute Gasteiger partial charge is 0.454 e. The molecular weight excluding hydrogens is 322 g/mol. The Labute approximate surface area is 139 Å². The zero-order valence-electron chi connectivity index (χ0n) is 12.8. The molecule has 2 aliphatic rings. The van der Waals surface area contributed by atoms with E-state index in [1.54, 1.807) is 6.92 Å². The summed E-state index contributed by atoms with van der Waals surface area (Å²) in [5.74, 6) is -0.0980. The minimum absolute atomic E-state index is 0.0632. The Morgan fingerprint density at radius 2 is 2.04 bits per heavy atom. The molecule has 0 aromatic heterocycles. The van der Waals surface area contributed by atoms with Crippen LogP contribution in [0.1, 0.15) is 43.0 Å². The lowest BCUT2D eigenvalue weighted by molar-refractivity contribution is -0.129. The highest BCUT2D eigenvalue weighted by molar-refractivity contribution is 6.32. The van der Waals surface area contributed by atoms with Crippen molar-refractivity contribution in [2.24, 2.45) is 0 Å². The van der Waals surface area contributed by atoms with Gasteiger partial charge < -0.3 is 19.5 Å². The van der Waals surface area contributed by atoms with Gasteiger partial charge in [0.2, 0.25) is 6.79 Å². The van der Waals surface area contributed by atoms with Crippen molar-refractivity contribution < 1.29 is 23.8 Å². The fourth-order valence-electron chi connectivity index (χ4n) is 2.76. The molecule has 1 heterocycles. The first-order valence-corrected chi connectivity index (χ1v) is 8.03. The van der Waals surface area contributed by atoms with Crippen molar-refractivity contribution in [2.75, 3.05) is 6.79 Å². The van der Waals surface area contributed by atoms with Crippen LogP contribution in [-0.4, -0.2) is 30.8 Å².